The number of rotatable bonds is 27. The summed E-state index contributed by atoms with van der Waals surface area (Å²) in [6.07, 6.45) is 19.8. The van der Waals surface area contributed by atoms with Crippen LogP contribution in [0.1, 0.15) is 162 Å². The minimum absolute atomic E-state index is 0.0772. The molecule has 0 radical (unpaired) electrons. The van der Waals surface area contributed by atoms with Gasteiger partial charge in [0.25, 0.3) is 0 Å². The maximum atomic E-state index is 5.13. The smallest absolute Gasteiger partial charge is 0.114 e. The first kappa shape index (κ1) is 54.4. The number of aromatic nitrogens is 4. The first-order valence-corrected chi connectivity index (χ1v) is 34.9. The van der Waals surface area contributed by atoms with Gasteiger partial charge in [-0.05, 0) is 91.5 Å². The molecule has 0 amide bonds. The SMILES string of the molecule is CCCCC(CC)CC1(CC(CC)CCCC)c2cc(-c3ccc(-c4cc5sc(N(C)CCCC)cc5s4)c4nsnc34)sc2-c2sc(-c3ccc(-c4cc5sc(N(CCCC)CCCC)cc5s4)c4nsnc34)cc21. The van der Waals surface area contributed by atoms with Gasteiger partial charge in [0.05, 0.1) is 33.5 Å². The zero-order chi connectivity index (χ0) is 52.5. The summed E-state index contributed by atoms with van der Waals surface area (Å²) in [6.45, 7) is 19.9. The highest BCUT2D eigenvalue weighted by atomic mass is 32.1. The fourth-order valence-corrected chi connectivity index (χ4v) is 20.7. The van der Waals surface area contributed by atoms with Crippen molar-refractivity contribution in [3.63, 3.8) is 0 Å². The number of hydrogen-bond donors (Lipinski definition) is 0. The largest absolute Gasteiger partial charge is 0.366 e. The lowest BCUT2D eigenvalue weighted by Gasteiger charge is -2.37. The van der Waals surface area contributed by atoms with Crippen LogP contribution >= 0.6 is 91.5 Å². The van der Waals surface area contributed by atoms with Crippen LogP contribution in [0.3, 0.4) is 0 Å². The van der Waals surface area contributed by atoms with E-state index in [0.717, 1.165) is 41.7 Å². The Labute approximate surface area is 483 Å². The van der Waals surface area contributed by atoms with Gasteiger partial charge in [0.2, 0.25) is 0 Å². The minimum Gasteiger partial charge on any atom is -0.366 e. The van der Waals surface area contributed by atoms with Gasteiger partial charge in [0.1, 0.15) is 22.1 Å². The first-order chi connectivity index (χ1) is 37.2. The van der Waals surface area contributed by atoms with Crippen molar-refractivity contribution in [3.05, 3.63) is 71.8 Å². The molecule has 76 heavy (non-hydrogen) atoms. The van der Waals surface area contributed by atoms with Crippen LogP contribution in [0.25, 0.3) is 92.4 Å². The second kappa shape index (κ2) is 24.0. The summed E-state index contributed by atoms with van der Waals surface area (Å²) < 4.78 is 25.8. The topological polar surface area (TPSA) is 58.0 Å². The van der Waals surface area contributed by atoms with Crippen molar-refractivity contribution in [2.45, 2.75) is 157 Å². The van der Waals surface area contributed by atoms with Gasteiger partial charge >= 0.3 is 0 Å². The molecule has 10 aromatic rings. The van der Waals surface area contributed by atoms with Crippen molar-refractivity contribution in [1.29, 1.82) is 0 Å². The van der Waals surface area contributed by atoms with Crippen LogP contribution < -0.4 is 9.80 Å². The summed E-state index contributed by atoms with van der Waals surface area (Å²) in [5.41, 5.74) is 12.0. The summed E-state index contributed by atoms with van der Waals surface area (Å²) in [4.78, 5) is 13.2. The molecule has 0 bridgehead atoms. The third-order valence-electron chi connectivity index (χ3n) is 16.4. The third-order valence-corrected chi connectivity index (χ3v) is 24.8. The Morgan fingerprint density at radius 2 is 0.816 bits per heavy atom. The standard InChI is InChI=1S/C62H74N6S8/c1-9-16-21-38(14-6)36-62(37-39(15-7)22-17-10-2)44-30-46(40-23-25-42(58-56(40)63-75-65-58)48-32-50-52(69-48)34-54(71-50)67(8)27-18-11-3)73-60(44)61-45(62)31-47(74-61)41-24-26-43(59-57(41)64-76-66-59)49-33-51-53(70-49)35-55(72-51)68(28-19-12-4)29-20-13-5/h23-26,30-35,38-39H,9-22,27-29,36-37H2,1-8H3. The molecule has 1 aliphatic carbocycles. The van der Waals surface area contributed by atoms with Crippen molar-refractivity contribution in [2.24, 2.45) is 11.8 Å². The molecule has 14 heteroatoms. The van der Waals surface area contributed by atoms with E-state index in [2.05, 4.69) is 126 Å². The second-order valence-corrected chi connectivity index (χ2v) is 29.0. The lowest BCUT2D eigenvalue weighted by molar-refractivity contribution is 0.266. The monoisotopic (exact) mass is 1160 g/mol. The first-order valence-electron chi connectivity index (χ1n) is 28.6. The minimum atomic E-state index is -0.0772. The molecular weight excluding hydrogens is 1090 g/mol. The number of unbranched alkanes of at least 4 members (excludes halogenated alkanes) is 5. The predicted molar refractivity (Wildman–Crippen MR) is 345 cm³/mol. The highest BCUT2D eigenvalue weighted by Gasteiger charge is 2.48. The summed E-state index contributed by atoms with van der Waals surface area (Å²) in [5.74, 6) is 1.30. The fraction of sp³-hybridized carbons (Fsp3) is 0.484. The van der Waals surface area contributed by atoms with E-state index >= 15 is 0 Å². The van der Waals surface area contributed by atoms with Crippen LogP contribution in [0.2, 0.25) is 0 Å². The third kappa shape index (κ3) is 10.4. The van der Waals surface area contributed by atoms with Crippen LogP contribution in [0, 0.1) is 11.8 Å². The van der Waals surface area contributed by atoms with E-state index in [9.17, 15) is 0 Å². The molecule has 400 valence electrons. The number of fused-ring (bicyclic) bond motifs is 7. The van der Waals surface area contributed by atoms with Crippen LogP contribution in [0.4, 0.5) is 10.0 Å². The molecule has 2 atom stereocenters. The Balaban J connectivity index is 0.995. The molecule has 11 rings (SSSR count). The molecule has 0 saturated carbocycles. The summed E-state index contributed by atoms with van der Waals surface area (Å²) in [6, 6.07) is 24.4. The molecule has 6 nitrogen and oxygen atoms in total. The summed E-state index contributed by atoms with van der Waals surface area (Å²) in [7, 11) is 2.23. The number of nitrogens with zero attached hydrogens (tertiary/aromatic N) is 6. The van der Waals surface area contributed by atoms with Gasteiger partial charge in [0, 0.05) is 102 Å². The molecule has 0 aliphatic heterocycles. The van der Waals surface area contributed by atoms with Crippen molar-refractivity contribution in [3.8, 4) is 51.5 Å². The lowest BCUT2D eigenvalue weighted by Crippen LogP contribution is -2.31. The van der Waals surface area contributed by atoms with E-state index in [0.29, 0.717) is 11.8 Å². The molecular formula is C62H74N6S8. The number of thiophene rings is 6. The predicted octanol–water partition coefficient (Wildman–Crippen LogP) is 22.2. The molecule has 2 unspecified atom stereocenters. The molecule has 0 N–H and O–H groups in total. The zero-order valence-electron chi connectivity index (χ0n) is 45.8. The van der Waals surface area contributed by atoms with Gasteiger partial charge < -0.3 is 9.80 Å². The van der Waals surface area contributed by atoms with Gasteiger partial charge in [-0.2, -0.15) is 17.5 Å². The average molecular weight is 1160 g/mol. The Hall–Kier alpha value is -3.60. The summed E-state index contributed by atoms with van der Waals surface area (Å²) in [5, 5.41) is 2.77. The maximum Gasteiger partial charge on any atom is 0.114 e. The number of anilines is 2. The Bertz CT molecular complexity index is 3460. The van der Waals surface area contributed by atoms with Gasteiger partial charge in [0.15, 0.2) is 0 Å². The Morgan fingerprint density at radius 1 is 0.434 bits per heavy atom. The highest BCUT2D eigenvalue weighted by molar-refractivity contribution is 7.32. The fourth-order valence-electron chi connectivity index (χ4n) is 12.0. The average Bonchev–Trinajstić information content (AvgIpc) is 4.42. The molecule has 1 aliphatic rings. The molecule has 0 saturated heterocycles. The van der Waals surface area contributed by atoms with Crippen LogP contribution in [-0.2, 0) is 5.41 Å². The molecule has 2 aromatic carbocycles. The van der Waals surface area contributed by atoms with Crippen molar-refractivity contribution in [1.82, 2.24) is 17.5 Å². The van der Waals surface area contributed by atoms with E-state index in [1.807, 2.05) is 68.0 Å². The quantitative estimate of drug-likeness (QED) is 0.0511. The second-order valence-electron chi connectivity index (χ2n) is 21.6. The normalized spacial score (nSPS) is 15.3. The lowest BCUT2D eigenvalue weighted by atomic mass is 9.65. The van der Waals surface area contributed by atoms with Gasteiger partial charge in [-0.15, -0.1) is 68.0 Å². The van der Waals surface area contributed by atoms with Crippen LogP contribution in [0.5, 0.6) is 0 Å². The van der Waals surface area contributed by atoms with E-state index in [1.165, 1.54) is 207 Å². The Morgan fingerprint density at radius 3 is 1.22 bits per heavy atom. The molecule has 8 aromatic heterocycles. The zero-order valence-corrected chi connectivity index (χ0v) is 52.3. The van der Waals surface area contributed by atoms with E-state index in [-0.39, 0.29) is 5.41 Å². The van der Waals surface area contributed by atoms with E-state index in [4.69, 9.17) is 17.5 Å². The maximum absolute atomic E-state index is 5.13. The van der Waals surface area contributed by atoms with Gasteiger partial charge in [-0.1, -0.05) is 143 Å². The van der Waals surface area contributed by atoms with E-state index < -0.39 is 0 Å². The molecule has 8 heterocycles. The van der Waals surface area contributed by atoms with Gasteiger partial charge in [-0.25, -0.2) is 0 Å². The molecule has 0 spiro atoms. The van der Waals surface area contributed by atoms with Crippen LogP contribution in [-0.4, -0.2) is 44.2 Å². The van der Waals surface area contributed by atoms with Gasteiger partial charge in [-0.3, -0.25) is 0 Å². The van der Waals surface area contributed by atoms with Crippen LogP contribution in [0.15, 0.2) is 60.7 Å². The number of benzene rings is 2. The Kier molecular flexibility index (Phi) is 17.2. The number of hydrogen-bond acceptors (Lipinski definition) is 14. The molecule has 0 fully saturated rings. The van der Waals surface area contributed by atoms with Crippen molar-refractivity contribution in [2.75, 3.05) is 36.5 Å². The summed E-state index contributed by atoms with van der Waals surface area (Å²) >= 11 is 14.4. The van der Waals surface area contributed by atoms with Crippen molar-refractivity contribution < 1.29 is 0 Å². The highest BCUT2D eigenvalue weighted by Crippen LogP contribution is 2.63. The van der Waals surface area contributed by atoms with Crippen molar-refractivity contribution >= 4 is 142 Å². The van der Waals surface area contributed by atoms with E-state index in [1.54, 1.807) is 11.1 Å².